The van der Waals surface area contributed by atoms with Crippen LogP contribution in [-0.2, 0) is 27.4 Å². The molecule has 0 aliphatic carbocycles. The van der Waals surface area contributed by atoms with Gasteiger partial charge >= 0.3 is 0 Å². The largest absolute Gasteiger partial charge is 0.497 e. The van der Waals surface area contributed by atoms with Gasteiger partial charge in [0.1, 0.15) is 17.6 Å². The van der Waals surface area contributed by atoms with Gasteiger partial charge in [-0.3, -0.25) is 14.5 Å². The van der Waals surface area contributed by atoms with Gasteiger partial charge < -0.3 is 24.3 Å². The lowest BCUT2D eigenvalue weighted by Gasteiger charge is -2.34. The number of nitrogens with one attached hydrogen (secondary N) is 1. The van der Waals surface area contributed by atoms with E-state index in [1.807, 2.05) is 24.3 Å². The van der Waals surface area contributed by atoms with E-state index < -0.39 is 0 Å². The molecule has 2 N–H and O–H groups in total. The van der Waals surface area contributed by atoms with Crippen LogP contribution in [0.15, 0.2) is 47.1 Å². The lowest BCUT2D eigenvalue weighted by molar-refractivity contribution is -0.133. The molecule has 0 saturated carbocycles. The summed E-state index contributed by atoms with van der Waals surface area (Å²) < 4.78 is 16.7. The molecule has 30 heavy (non-hydrogen) atoms. The van der Waals surface area contributed by atoms with Gasteiger partial charge in [-0.25, -0.2) is 0 Å². The highest BCUT2D eigenvalue weighted by Crippen LogP contribution is 2.34. The number of piperidine rings is 1. The molecule has 4 rings (SSSR count). The highest BCUT2D eigenvalue weighted by Gasteiger charge is 2.41. The Morgan fingerprint density at radius 3 is 2.93 bits per heavy atom. The van der Waals surface area contributed by atoms with Crippen LogP contribution in [0, 0.1) is 5.92 Å². The number of hydrogen-bond acceptors (Lipinski definition) is 6. The van der Waals surface area contributed by atoms with Gasteiger partial charge in [-0.05, 0) is 55.1 Å². The van der Waals surface area contributed by atoms with E-state index >= 15 is 0 Å². The number of rotatable bonds is 6. The van der Waals surface area contributed by atoms with E-state index in [0.29, 0.717) is 12.5 Å². The summed E-state index contributed by atoms with van der Waals surface area (Å²) in [7, 11) is 1.69. The summed E-state index contributed by atoms with van der Waals surface area (Å²) in [6.07, 6.45) is 3.26. The first-order chi connectivity index (χ1) is 14.6. The van der Waals surface area contributed by atoms with Gasteiger partial charge in [0.25, 0.3) is 6.47 Å². The minimum Gasteiger partial charge on any atom is -0.497 e. The van der Waals surface area contributed by atoms with Crippen LogP contribution in [0.4, 0.5) is 0 Å². The maximum atomic E-state index is 12.4. The number of carbonyl (C=O) groups is 2. The van der Waals surface area contributed by atoms with Crippen LogP contribution in [0.1, 0.15) is 24.2 Å². The van der Waals surface area contributed by atoms with E-state index in [9.17, 15) is 4.79 Å². The first kappa shape index (κ1) is 21.9. The maximum absolute atomic E-state index is 12.4. The molecule has 2 saturated heterocycles. The van der Waals surface area contributed by atoms with Gasteiger partial charge in [0.2, 0.25) is 5.91 Å². The molecule has 8 heteroatoms. The minimum absolute atomic E-state index is 0.0415. The first-order valence-electron chi connectivity index (χ1n) is 10.0. The van der Waals surface area contributed by atoms with Crippen molar-refractivity contribution in [2.24, 2.45) is 5.92 Å². The van der Waals surface area contributed by atoms with E-state index in [0.717, 1.165) is 44.0 Å². The summed E-state index contributed by atoms with van der Waals surface area (Å²) in [6, 6.07) is 11.8. The Bertz CT molecular complexity index is 810. The summed E-state index contributed by atoms with van der Waals surface area (Å²) in [5.74, 6) is 2.06. The number of benzene rings is 1. The lowest BCUT2D eigenvalue weighted by Crippen LogP contribution is -2.42. The molecule has 0 spiro atoms. The van der Waals surface area contributed by atoms with Crippen molar-refractivity contribution >= 4 is 12.4 Å². The molecule has 2 aromatic rings. The van der Waals surface area contributed by atoms with Crippen LogP contribution in [0.2, 0.25) is 0 Å². The fourth-order valence-corrected chi connectivity index (χ4v) is 4.04. The number of carbonyl (C=O) groups excluding carboxylic acids is 1. The normalized spacial score (nSPS) is 23.0. The van der Waals surface area contributed by atoms with Crippen LogP contribution in [0.3, 0.4) is 0 Å². The standard InChI is InChI=1S/C21H26N2O4.CH2O2/c1-25-17-5-2-4-15(10-17)13-23-8-7-16-11-19(27-20(16)14-23)21(24)22-12-18-6-3-9-26-18;2-1-3/h2-6,9-10,16,19-20H,7-8,11-14H2,1H3,(H,22,24);1H,(H,2,3)/t16-,19+,20+;/m1./s1. The van der Waals surface area contributed by atoms with Crippen LogP contribution in [0.25, 0.3) is 0 Å². The Morgan fingerprint density at radius 1 is 1.37 bits per heavy atom. The summed E-state index contributed by atoms with van der Waals surface area (Å²) in [5.41, 5.74) is 1.23. The number of nitrogens with zero attached hydrogens (tertiary/aromatic N) is 1. The van der Waals surface area contributed by atoms with Crippen molar-refractivity contribution in [2.45, 2.75) is 38.1 Å². The highest BCUT2D eigenvalue weighted by atomic mass is 16.5. The molecule has 2 aliphatic heterocycles. The number of methoxy groups -OCH3 is 1. The van der Waals surface area contributed by atoms with E-state index in [1.165, 1.54) is 5.56 Å². The monoisotopic (exact) mass is 416 g/mol. The molecule has 1 aromatic heterocycles. The van der Waals surface area contributed by atoms with Gasteiger partial charge in [0.05, 0.1) is 26.0 Å². The van der Waals surface area contributed by atoms with Gasteiger partial charge in [0.15, 0.2) is 0 Å². The van der Waals surface area contributed by atoms with Crippen molar-refractivity contribution in [3.63, 3.8) is 0 Å². The zero-order valence-electron chi connectivity index (χ0n) is 17.0. The topological polar surface area (TPSA) is 101 Å². The Balaban J connectivity index is 0.000000806. The molecule has 0 radical (unpaired) electrons. The van der Waals surface area contributed by atoms with Crippen LogP contribution >= 0.6 is 0 Å². The molecule has 1 amide bonds. The second kappa shape index (κ2) is 10.8. The first-order valence-corrected chi connectivity index (χ1v) is 10.0. The van der Waals surface area contributed by atoms with Gasteiger partial charge in [-0.15, -0.1) is 0 Å². The molecule has 2 fully saturated rings. The van der Waals surface area contributed by atoms with E-state index in [1.54, 1.807) is 13.4 Å². The molecular weight excluding hydrogens is 388 g/mol. The quantitative estimate of drug-likeness (QED) is 0.697. The zero-order valence-corrected chi connectivity index (χ0v) is 17.0. The third kappa shape index (κ3) is 5.84. The number of ether oxygens (including phenoxy) is 2. The number of carboxylic acid groups (broad SMARTS) is 1. The van der Waals surface area contributed by atoms with Crippen LogP contribution < -0.4 is 10.1 Å². The number of likely N-dealkylation sites (tertiary alicyclic amines) is 1. The predicted octanol–water partition coefficient (Wildman–Crippen LogP) is 2.28. The molecule has 2 aliphatic rings. The number of hydrogen-bond donors (Lipinski definition) is 2. The summed E-state index contributed by atoms with van der Waals surface area (Å²) in [6.45, 7) is 2.93. The number of furan rings is 1. The molecule has 0 bridgehead atoms. The molecule has 162 valence electrons. The fourth-order valence-electron chi connectivity index (χ4n) is 4.04. The van der Waals surface area contributed by atoms with E-state index in [2.05, 4.69) is 22.3 Å². The molecule has 3 atom stereocenters. The predicted molar refractivity (Wildman–Crippen MR) is 109 cm³/mol. The third-order valence-corrected chi connectivity index (χ3v) is 5.49. The van der Waals surface area contributed by atoms with Gasteiger partial charge in [-0.2, -0.15) is 0 Å². The summed E-state index contributed by atoms with van der Waals surface area (Å²) in [5, 5.41) is 9.80. The molecule has 1 aromatic carbocycles. The van der Waals surface area contributed by atoms with Crippen LogP contribution in [-0.4, -0.2) is 54.8 Å². The van der Waals surface area contributed by atoms with Crippen molar-refractivity contribution in [3.05, 3.63) is 54.0 Å². The van der Waals surface area contributed by atoms with Crippen molar-refractivity contribution in [3.8, 4) is 5.75 Å². The zero-order chi connectivity index (χ0) is 21.3. The molecular formula is C22H28N2O6. The van der Waals surface area contributed by atoms with E-state index in [4.69, 9.17) is 23.8 Å². The molecule has 0 unspecified atom stereocenters. The number of amides is 1. The van der Waals surface area contributed by atoms with Crippen molar-refractivity contribution < 1.29 is 28.6 Å². The van der Waals surface area contributed by atoms with Gasteiger partial charge in [0, 0.05) is 13.1 Å². The smallest absolute Gasteiger partial charge is 0.290 e. The van der Waals surface area contributed by atoms with Crippen molar-refractivity contribution in [1.82, 2.24) is 10.2 Å². The Labute approximate surface area is 175 Å². The van der Waals surface area contributed by atoms with Crippen molar-refractivity contribution in [2.75, 3.05) is 20.2 Å². The third-order valence-electron chi connectivity index (χ3n) is 5.49. The Kier molecular flexibility index (Phi) is 7.87. The van der Waals surface area contributed by atoms with Crippen LogP contribution in [0.5, 0.6) is 5.75 Å². The minimum atomic E-state index is -0.355. The lowest BCUT2D eigenvalue weighted by atomic mass is 9.91. The Morgan fingerprint density at radius 2 is 2.20 bits per heavy atom. The highest BCUT2D eigenvalue weighted by molar-refractivity contribution is 5.81. The fraction of sp³-hybridized carbons (Fsp3) is 0.455. The maximum Gasteiger partial charge on any atom is 0.290 e. The second-order valence-corrected chi connectivity index (χ2v) is 7.44. The molecule has 8 nitrogen and oxygen atoms in total. The average molecular weight is 416 g/mol. The SMILES string of the molecule is COc1cccc(CN2CC[C@@H]3C[C@@H](C(=O)NCc4ccco4)O[C@H]3C2)c1.O=CO. The van der Waals surface area contributed by atoms with E-state index in [-0.39, 0.29) is 24.6 Å². The summed E-state index contributed by atoms with van der Waals surface area (Å²) in [4.78, 5) is 23.2. The second-order valence-electron chi connectivity index (χ2n) is 7.44. The number of fused-ring (bicyclic) bond motifs is 1. The summed E-state index contributed by atoms with van der Waals surface area (Å²) >= 11 is 0. The van der Waals surface area contributed by atoms with Crippen molar-refractivity contribution in [1.29, 1.82) is 0 Å². The van der Waals surface area contributed by atoms with Gasteiger partial charge in [-0.1, -0.05) is 12.1 Å². The average Bonchev–Trinajstić information content (AvgIpc) is 3.42. The molecule has 3 heterocycles. The Hall–Kier alpha value is -2.84.